The van der Waals surface area contributed by atoms with Gasteiger partial charge in [0.05, 0.1) is 0 Å². The van der Waals surface area contributed by atoms with E-state index >= 15 is 0 Å². The van der Waals surface area contributed by atoms with Gasteiger partial charge in [-0.1, -0.05) is 0 Å². The van der Waals surface area contributed by atoms with Crippen molar-refractivity contribution in [2.24, 2.45) is 0 Å². The highest BCUT2D eigenvalue weighted by Gasteiger charge is 2.38. The van der Waals surface area contributed by atoms with Gasteiger partial charge in [0, 0.05) is 31.3 Å². The minimum absolute atomic E-state index is 0.202. The Hall–Kier alpha value is -3.23. The van der Waals surface area contributed by atoms with Crippen LogP contribution in [0.4, 0.5) is 5.69 Å². The van der Waals surface area contributed by atoms with E-state index in [1.54, 1.807) is 24.3 Å². The van der Waals surface area contributed by atoms with Crippen molar-refractivity contribution in [3.63, 3.8) is 0 Å². The first-order chi connectivity index (χ1) is 10.9. The zero-order valence-electron chi connectivity index (χ0n) is 12.4. The number of carbonyl (C=O) groups excluding carboxylic acids is 2. The van der Waals surface area contributed by atoms with Crippen LogP contribution in [0.5, 0.6) is 0 Å². The number of aromatic nitrogens is 4. The van der Waals surface area contributed by atoms with Crippen LogP contribution in [0, 0.1) is 0 Å². The van der Waals surface area contributed by atoms with Crippen LogP contribution < -0.4 is 5.32 Å². The van der Waals surface area contributed by atoms with Gasteiger partial charge in [-0.15, -0.1) is 10.2 Å². The zero-order valence-corrected chi connectivity index (χ0v) is 12.4. The molecule has 9 heteroatoms. The fraction of sp³-hybridized carbons (Fsp3) is 0.214. The molecule has 2 N–H and O–H groups in total. The smallest absolute Gasteiger partial charge is 0.350 e. The third kappa shape index (κ3) is 3.18. The van der Waals surface area contributed by atoms with Gasteiger partial charge in [-0.3, -0.25) is 0 Å². The Morgan fingerprint density at radius 3 is 2.35 bits per heavy atom. The van der Waals surface area contributed by atoms with E-state index in [0.29, 0.717) is 11.5 Å². The molecule has 0 radical (unpaired) electrons. The molecule has 118 valence electrons. The molecular weight excluding hydrogens is 302 g/mol. The molecule has 2 aromatic rings. The third-order valence-corrected chi connectivity index (χ3v) is 2.99. The Morgan fingerprint density at radius 2 is 1.78 bits per heavy atom. The van der Waals surface area contributed by atoms with Gasteiger partial charge in [0.1, 0.15) is 0 Å². The summed E-state index contributed by atoms with van der Waals surface area (Å²) in [5.41, 5.74) is 1.23. The average Bonchev–Trinajstić information content (AvgIpc) is 3.00. The van der Waals surface area contributed by atoms with Crippen molar-refractivity contribution in [3.8, 4) is 11.4 Å². The van der Waals surface area contributed by atoms with E-state index < -0.39 is 17.7 Å². The van der Waals surface area contributed by atoms with Crippen LogP contribution in [0.2, 0.25) is 0 Å². The number of nitrogens with one attached hydrogen (secondary N) is 2. The molecule has 0 spiro atoms. The van der Waals surface area contributed by atoms with Gasteiger partial charge in [0.15, 0.2) is 5.57 Å². The topological polar surface area (TPSA) is 119 Å². The fourth-order valence-electron chi connectivity index (χ4n) is 1.93. The maximum atomic E-state index is 11.8. The highest BCUT2D eigenvalue weighted by atomic mass is 16.7. The van der Waals surface area contributed by atoms with Crippen LogP contribution in [-0.2, 0) is 19.1 Å². The molecule has 1 aliphatic heterocycles. The molecule has 1 aromatic heterocycles. The normalized spacial score (nSPS) is 16.5. The predicted octanol–water partition coefficient (Wildman–Crippen LogP) is 0.999. The Balaban J connectivity index is 1.72. The molecule has 23 heavy (non-hydrogen) atoms. The van der Waals surface area contributed by atoms with Gasteiger partial charge in [-0.05, 0) is 29.5 Å². The Labute approximate surface area is 130 Å². The Morgan fingerprint density at radius 1 is 1.13 bits per heavy atom. The zero-order chi connectivity index (χ0) is 16.4. The van der Waals surface area contributed by atoms with Crippen molar-refractivity contribution < 1.29 is 19.1 Å². The molecule has 1 fully saturated rings. The van der Waals surface area contributed by atoms with E-state index in [2.05, 4.69) is 25.9 Å². The summed E-state index contributed by atoms with van der Waals surface area (Å²) < 4.78 is 9.99. The third-order valence-electron chi connectivity index (χ3n) is 2.99. The molecule has 0 bridgehead atoms. The number of esters is 2. The second-order valence-corrected chi connectivity index (χ2v) is 5.19. The lowest BCUT2D eigenvalue weighted by molar-refractivity contribution is -0.222. The Bertz CT molecular complexity index is 743. The van der Waals surface area contributed by atoms with Gasteiger partial charge in [0.2, 0.25) is 5.82 Å². The summed E-state index contributed by atoms with van der Waals surface area (Å²) in [6, 6.07) is 7.02. The first kappa shape index (κ1) is 14.7. The number of nitrogens with zero attached hydrogens (tertiary/aromatic N) is 3. The average molecular weight is 315 g/mol. The predicted molar refractivity (Wildman–Crippen MR) is 77.6 cm³/mol. The first-order valence-electron chi connectivity index (χ1n) is 6.72. The van der Waals surface area contributed by atoms with Gasteiger partial charge in [0.25, 0.3) is 5.79 Å². The lowest BCUT2D eigenvalue weighted by atomic mass is 10.2. The van der Waals surface area contributed by atoms with Gasteiger partial charge < -0.3 is 14.8 Å². The van der Waals surface area contributed by atoms with Crippen LogP contribution in [0.25, 0.3) is 11.4 Å². The SMILES string of the molecule is CC1(C)OC(=O)C(=CNc2ccc(-c3nn[nH]n3)cc2)C(=O)O1. The van der Waals surface area contributed by atoms with Crippen molar-refractivity contribution in [1.29, 1.82) is 0 Å². The Kier molecular flexibility index (Phi) is 3.53. The highest BCUT2D eigenvalue weighted by molar-refractivity contribution is 6.15. The number of rotatable bonds is 3. The number of carbonyl (C=O) groups is 2. The van der Waals surface area contributed by atoms with E-state index in [1.807, 2.05) is 0 Å². The lowest BCUT2D eigenvalue weighted by Crippen LogP contribution is -2.42. The number of anilines is 1. The summed E-state index contributed by atoms with van der Waals surface area (Å²) >= 11 is 0. The molecule has 1 saturated heterocycles. The van der Waals surface area contributed by atoms with Crippen molar-refractivity contribution in [2.45, 2.75) is 19.6 Å². The first-order valence-corrected chi connectivity index (χ1v) is 6.72. The summed E-state index contributed by atoms with van der Waals surface area (Å²) in [5, 5.41) is 16.4. The number of benzene rings is 1. The largest absolute Gasteiger partial charge is 0.419 e. The van der Waals surface area contributed by atoms with E-state index in [9.17, 15) is 9.59 Å². The molecule has 1 aromatic carbocycles. The van der Waals surface area contributed by atoms with Crippen LogP contribution >= 0.6 is 0 Å². The molecule has 9 nitrogen and oxygen atoms in total. The molecule has 0 amide bonds. The van der Waals surface area contributed by atoms with Gasteiger partial charge >= 0.3 is 11.9 Å². The van der Waals surface area contributed by atoms with E-state index in [0.717, 1.165) is 5.56 Å². The second-order valence-electron chi connectivity index (χ2n) is 5.19. The molecule has 0 unspecified atom stereocenters. The summed E-state index contributed by atoms with van der Waals surface area (Å²) in [7, 11) is 0. The molecule has 0 saturated carbocycles. The molecule has 0 aliphatic carbocycles. The van der Waals surface area contributed by atoms with Crippen LogP contribution in [0.1, 0.15) is 13.8 Å². The number of cyclic esters (lactones) is 2. The number of H-pyrrole nitrogens is 1. The minimum Gasteiger partial charge on any atom is -0.419 e. The van der Waals surface area contributed by atoms with Gasteiger partial charge in [-0.25, -0.2) is 9.59 Å². The standard InChI is InChI=1S/C14H13N5O4/c1-14(2)22-12(20)10(13(21)23-14)7-15-9-5-3-8(4-6-9)11-16-18-19-17-11/h3-7,15H,1-2H3,(H,16,17,18,19). The molecule has 3 rings (SSSR count). The number of hydrogen-bond donors (Lipinski definition) is 2. The van der Waals surface area contributed by atoms with E-state index in [-0.39, 0.29) is 5.57 Å². The van der Waals surface area contributed by atoms with E-state index in [1.165, 1.54) is 20.0 Å². The summed E-state index contributed by atoms with van der Waals surface area (Å²) in [6.07, 6.45) is 1.25. The molecular formula is C14H13N5O4. The number of tetrazole rings is 1. The van der Waals surface area contributed by atoms with Crippen molar-refractivity contribution in [1.82, 2.24) is 20.6 Å². The maximum Gasteiger partial charge on any atom is 0.350 e. The quantitative estimate of drug-likeness (QED) is 0.489. The van der Waals surface area contributed by atoms with Crippen molar-refractivity contribution in [2.75, 3.05) is 5.32 Å². The van der Waals surface area contributed by atoms with Gasteiger partial charge in [-0.2, -0.15) is 5.21 Å². The summed E-state index contributed by atoms with van der Waals surface area (Å²) in [6.45, 7) is 2.98. The summed E-state index contributed by atoms with van der Waals surface area (Å²) in [4.78, 5) is 23.6. The van der Waals surface area contributed by atoms with Crippen molar-refractivity contribution >= 4 is 17.6 Å². The van der Waals surface area contributed by atoms with Crippen molar-refractivity contribution in [3.05, 3.63) is 36.0 Å². The maximum absolute atomic E-state index is 11.8. The number of ether oxygens (including phenoxy) is 2. The number of aromatic amines is 1. The minimum atomic E-state index is -1.25. The molecule has 1 aliphatic rings. The van der Waals surface area contributed by atoms with E-state index in [4.69, 9.17) is 9.47 Å². The molecule has 2 heterocycles. The monoisotopic (exact) mass is 315 g/mol. The number of hydrogen-bond acceptors (Lipinski definition) is 8. The van der Waals surface area contributed by atoms with Crippen LogP contribution in [0.15, 0.2) is 36.0 Å². The highest BCUT2D eigenvalue weighted by Crippen LogP contribution is 2.23. The summed E-state index contributed by atoms with van der Waals surface area (Å²) in [5.74, 6) is -2.25. The van der Waals surface area contributed by atoms with Crippen LogP contribution in [0.3, 0.4) is 0 Å². The second kappa shape index (κ2) is 5.52. The fourth-order valence-corrected chi connectivity index (χ4v) is 1.93. The lowest BCUT2D eigenvalue weighted by Gasteiger charge is -2.29. The molecule has 0 atom stereocenters. The van der Waals surface area contributed by atoms with Crippen LogP contribution in [-0.4, -0.2) is 38.3 Å².